The van der Waals surface area contributed by atoms with E-state index in [2.05, 4.69) is 27.4 Å². The van der Waals surface area contributed by atoms with Gasteiger partial charge in [-0.05, 0) is 12.7 Å². The van der Waals surface area contributed by atoms with Gasteiger partial charge in [-0.2, -0.15) is 11.8 Å². The SMILES string of the molecule is CCSCC(C)Nc1n[nH]c(=O)[nH]c1=O. The molecule has 1 unspecified atom stereocenters. The fraction of sp³-hybridized carbons (Fsp3) is 0.625. The average Bonchev–Trinajstić information content (AvgIpc) is 2.19. The molecule has 1 rings (SSSR count). The number of rotatable bonds is 5. The number of nitrogens with zero attached hydrogens (tertiary/aromatic N) is 1. The Bertz CT molecular complexity index is 414. The Hall–Kier alpha value is -1.24. The molecule has 0 saturated heterocycles. The van der Waals surface area contributed by atoms with Gasteiger partial charge in [-0.3, -0.25) is 9.78 Å². The lowest BCUT2D eigenvalue weighted by molar-refractivity contribution is 0.840. The van der Waals surface area contributed by atoms with Crippen LogP contribution in [0.4, 0.5) is 5.82 Å². The molecule has 0 bridgehead atoms. The normalized spacial score (nSPS) is 12.4. The second-order valence-electron chi connectivity index (χ2n) is 3.06. The summed E-state index contributed by atoms with van der Waals surface area (Å²) in [4.78, 5) is 24.0. The highest BCUT2D eigenvalue weighted by molar-refractivity contribution is 7.99. The molecular weight excluding hydrogens is 216 g/mol. The van der Waals surface area contributed by atoms with Crippen LogP contribution in [0.1, 0.15) is 13.8 Å². The minimum atomic E-state index is -0.596. The smallest absolute Gasteiger partial charge is 0.342 e. The Balaban J connectivity index is 2.64. The third kappa shape index (κ3) is 3.78. The van der Waals surface area contributed by atoms with Crippen molar-refractivity contribution >= 4 is 17.6 Å². The third-order valence-corrected chi connectivity index (χ3v) is 2.81. The maximum atomic E-state index is 11.2. The lowest BCUT2D eigenvalue weighted by atomic mass is 10.4. The first-order valence-electron chi connectivity index (χ1n) is 4.66. The molecule has 0 aliphatic heterocycles. The van der Waals surface area contributed by atoms with Crippen molar-refractivity contribution in [3.05, 3.63) is 20.8 Å². The van der Waals surface area contributed by atoms with Crippen LogP contribution in [0.2, 0.25) is 0 Å². The molecule has 1 aromatic rings. The van der Waals surface area contributed by atoms with Gasteiger partial charge in [-0.15, -0.1) is 5.10 Å². The van der Waals surface area contributed by atoms with Gasteiger partial charge in [0.2, 0.25) is 5.82 Å². The molecule has 15 heavy (non-hydrogen) atoms. The number of nitrogens with one attached hydrogen (secondary N) is 3. The van der Waals surface area contributed by atoms with Gasteiger partial charge in [0.05, 0.1) is 0 Å². The first-order valence-corrected chi connectivity index (χ1v) is 5.82. The quantitative estimate of drug-likeness (QED) is 0.663. The fourth-order valence-corrected chi connectivity index (χ4v) is 1.69. The molecule has 6 nitrogen and oxygen atoms in total. The topological polar surface area (TPSA) is 90.6 Å². The molecule has 0 amide bonds. The van der Waals surface area contributed by atoms with Crippen molar-refractivity contribution in [1.82, 2.24) is 15.2 Å². The summed E-state index contributed by atoms with van der Waals surface area (Å²) in [5.74, 6) is 2.07. The maximum absolute atomic E-state index is 11.2. The zero-order valence-corrected chi connectivity index (χ0v) is 9.48. The molecule has 0 aliphatic rings. The van der Waals surface area contributed by atoms with E-state index in [1.54, 1.807) is 11.8 Å². The van der Waals surface area contributed by atoms with Gasteiger partial charge in [0.25, 0.3) is 5.56 Å². The van der Waals surface area contributed by atoms with Gasteiger partial charge < -0.3 is 5.32 Å². The number of hydrogen-bond acceptors (Lipinski definition) is 5. The van der Waals surface area contributed by atoms with E-state index in [9.17, 15) is 9.59 Å². The van der Waals surface area contributed by atoms with Crippen LogP contribution in [0.15, 0.2) is 9.59 Å². The standard InChI is InChI=1S/C8H14N4O2S/c1-3-15-4-5(2)9-6-7(13)10-8(14)12-11-6/h5H,3-4H2,1-2H3,(H,9,11)(H2,10,12,13,14). The number of H-pyrrole nitrogens is 2. The molecule has 0 fully saturated rings. The van der Waals surface area contributed by atoms with Crippen molar-refractivity contribution < 1.29 is 0 Å². The van der Waals surface area contributed by atoms with Gasteiger partial charge in [-0.25, -0.2) is 9.89 Å². The zero-order valence-electron chi connectivity index (χ0n) is 8.66. The zero-order chi connectivity index (χ0) is 11.3. The minimum absolute atomic E-state index is 0.134. The molecule has 0 saturated carbocycles. The van der Waals surface area contributed by atoms with Crippen molar-refractivity contribution in [3.8, 4) is 0 Å². The van der Waals surface area contributed by atoms with E-state index in [-0.39, 0.29) is 11.9 Å². The summed E-state index contributed by atoms with van der Waals surface area (Å²) in [5, 5.41) is 8.72. The molecule has 0 aromatic carbocycles. The van der Waals surface area contributed by atoms with Crippen LogP contribution in [0.5, 0.6) is 0 Å². The number of aromatic amines is 2. The first kappa shape index (κ1) is 11.8. The first-order chi connectivity index (χ1) is 7.13. The highest BCUT2D eigenvalue weighted by atomic mass is 32.2. The molecule has 7 heteroatoms. The lowest BCUT2D eigenvalue weighted by Crippen LogP contribution is -2.30. The average molecular weight is 230 g/mol. The molecule has 0 aliphatic carbocycles. The number of aromatic nitrogens is 3. The molecule has 3 N–H and O–H groups in total. The summed E-state index contributed by atoms with van der Waals surface area (Å²) in [7, 11) is 0. The Morgan fingerprint density at radius 3 is 2.87 bits per heavy atom. The number of hydrogen-bond donors (Lipinski definition) is 3. The monoisotopic (exact) mass is 230 g/mol. The number of anilines is 1. The van der Waals surface area contributed by atoms with Crippen molar-refractivity contribution in [2.75, 3.05) is 16.8 Å². The van der Waals surface area contributed by atoms with E-state index in [1.165, 1.54) is 0 Å². The minimum Gasteiger partial charge on any atom is -0.361 e. The summed E-state index contributed by atoms with van der Waals surface area (Å²) in [6.45, 7) is 4.03. The Labute approximate surface area is 90.9 Å². The van der Waals surface area contributed by atoms with E-state index >= 15 is 0 Å². The third-order valence-electron chi connectivity index (χ3n) is 1.67. The van der Waals surface area contributed by atoms with Crippen LogP contribution in [0, 0.1) is 0 Å². The maximum Gasteiger partial charge on any atom is 0.342 e. The van der Waals surface area contributed by atoms with E-state index in [1.807, 2.05) is 6.92 Å². The van der Waals surface area contributed by atoms with Crippen molar-refractivity contribution in [3.63, 3.8) is 0 Å². The largest absolute Gasteiger partial charge is 0.361 e. The van der Waals surface area contributed by atoms with Crippen molar-refractivity contribution in [2.24, 2.45) is 0 Å². The molecule has 0 radical (unpaired) electrons. The van der Waals surface area contributed by atoms with Gasteiger partial charge >= 0.3 is 5.69 Å². The van der Waals surface area contributed by atoms with Gasteiger partial charge in [0, 0.05) is 11.8 Å². The van der Waals surface area contributed by atoms with E-state index in [0.717, 1.165) is 11.5 Å². The summed E-state index contributed by atoms with van der Waals surface area (Å²) >= 11 is 1.77. The Morgan fingerprint density at radius 2 is 2.27 bits per heavy atom. The van der Waals surface area contributed by atoms with Crippen LogP contribution < -0.4 is 16.6 Å². The molecule has 1 aromatic heterocycles. The predicted molar refractivity (Wildman–Crippen MR) is 61.6 cm³/mol. The Kier molecular flexibility index (Phi) is 4.41. The highest BCUT2D eigenvalue weighted by Crippen LogP contribution is 2.04. The summed E-state index contributed by atoms with van der Waals surface area (Å²) in [6.07, 6.45) is 0. The van der Waals surface area contributed by atoms with Crippen LogP contribution in [0.3, 0.4) is 0 Å². The van der Waals surface area contributed by atoms with Crippen molar-refractivity contribution in [1.29, 1.82) is 0 Å². The lowest BCUT2D eigenvalue weighted by Gasteiger charge is -2.11. The second-order valence-corrected chi connectivity index (χ2v) is 4.38. The Morgan fingerprint density at radius 1 is 1.53 bits per heavy atom. The predicted octanol–water partition coefficient (Wildman–Crippen LogP) is 0.0117. The number of thioether (sulfide) groups is 1. The molecule has 84 valence electrons. The van der Waals surface area contributed by atoms with Gasteiger partial charge in [0.1, 0.15) is 0 Å². The van der Waals surface area contributed by atoms with Gasteiger partial charge in [0.15, 0.2) is 0 Å². The van der Waals surface area contributed by atoms with Gasteiger partial charge in [-0.1, -0.05) is 6.92 Å². The summed E-state index contributed by atoms with van der Waals surface area (Å²) in [5.41, 5.74) is -1.09. The fourth-order valence-electron chi connectivity index (χ4n) is 1.02. The van der Waals surface area contributed by atoms with Crippen molar-refractivity contribution in [2.45, 2.75) is 19.9 Å². The molecular formula is C8H14N4O2S. The second kappa shape index (κ2) is 5.59. The summed E-state index contributed by atoms with van der Waals surface area (Å²) in [6, 6.07) is 0.134. The van der Waals surface area contributed by atoms with E-state index < -0.39 is 11.2 Å². The van der Waals surface area contributed by atoms with Crippen LogP contribution >= 0.6 is 11.8 Å². The molecule has 1 atom stereocenters. The van der Waals surface area contributed by atoms with Crippen LogP contribution in [0.25, 0.3) is 0 Å². The molecule has 1 heterocycles. The van der Waals surface area contributed by atoms with Crippen LogP contribution in [-0.4, -0.2) is 32.7 Å². The highest BCUT2D eigenvalue weighted by Gasteiger charge is 2.06. The molecule has 0 spiro atoms. The van der Waals surface area contributed by atoms with Crippen LogP contribution in [-0.2, 0) is 0 Å². The van der Waals surface area contributed by atoms with E-state index in [0.29, 0.717) is 0 Å². The van der Waals surface area contributed by atoms with E-state index in [4.69, 9.17) is 0 Å². The summed E-state index contributed by atoms with van der Waals surface area (Å²) < 4.78 is 0.